The molecule has 0 unspecified atom stereocenters. The molecule has 0 aromatic carbocycles. The first-order valence-corrected chi connectivity index (χ1v) is 11.8. The lowest BCUT2D eigenvalue weighted by Crippen LogP contribution is -2.23. The van der Waals surface area contributed by atoms with Crippen molar-refractivity contribution < 1.29 is 20.5 Å². The zero-order chi connectivity index (χ0) is 21.6. The number of ether oxygens (including phenoxy) is 2. The molecule has 5 nitrogen and oxygen atoms in total. The predicted octanol–water partition coefficient (Wildman–Crippen LogP) is 5.15. The number of amides is 1. The van der Waals surface area contributed by atoms with Crippen LogP contribution in [0.5, 0.6) is 0 Å². The second-order valence-corrected chi connectivity index (χ2v) is 9.45. The molecule has 0 spiro atoms. The average Bonchev–Trinajstić information content (AvgIpc) is 2.71. The van der Waals surface area contributed by atoms with Crippen LogP contribution in [0, 0.1) is 23.7 Å². The number of hydrogen-bond donors (Lipinski definition) is 1. The van der Waals surface area contributed by atoms with E-state index < -0.39 is 0 Å². The fraction of sp³-hybridized carbons (Fsp3) is 0.917. The number of Topliss-reactive ketones (excluding diaryl/α,β-unsaturated/α-hetero) is 1. The number of nitrogens with two attached hydrogens (primary N) is 1. The van der Waals surface area contributed by atoms with Gasteiger partial charge in [-0.15, -0.1) is 0 Å². The van der Waals surface area contributed by atoms with E-state index in [1.807, 2.05) is 13.8 Å². The zero-order valence-electron chi connectivity index (χ0n) is 19.3. The van der Waals surface area contributed by atoms with Gasteiger partial charge in [0, 0.05) is 32.9 Å². The van der Waals surface area contributed by atoms with Gasteiger partial charge < -0.3 is 15.2 Å². The van der Waals surface area contributed by atoms with E-state index >= 15 is 0 Å². The summed E-state index contributed by atoms with van der Waals surface area (Å²) >= 11 is 0. The van der Waals surface area contributed by atoms with E-state index in [4.69, 9.17) is 15.2 Å². The Bertz CT molecular complexity index is 456. The predicted molar refractivity (Wildman–Crippen MR) is 120 cm³/mol. The van der Waals surface area contributed by atoms with Gasteiger partial charge in [-0.1, -0.05) is 33.1 Å². The number of carbonyl (C=O) groups is 2. The molecule has 2 rings (SSSR count). The maximum atomic E-state index is 11.5. The maximum Gasteiger partial charge on any atom is 0.219 e. The summed E-state index contributed by atoms with van der Waals surface area (Å²) in [6.45, 7) is 10.3. The molecular weight excluding hydrogens is 366 g/mol. The minimum Gasteiger partial charge on any atom is -0.381 e. The van der Waals surface area contributed by atoms with E-state index in [-0.39, 0.29) is 13.3 Å². The number of carbonyl (C=O) groups excluding carboxylic acids is 2. The third-order valence-corrected chi connectivity index (χ3v) is 6.05. The van der Waals surface area contributed by atoms with Crippen molar-refractivity contribution in [2.75, 3.05) is 19.8 Å². The van der Waals surface area contributed by atoms with E-state index in [0.29, 0.717) is 42.7 Å². The molecule has 2 aliphatic rings. The third-order valence-electron chi connectivity index (χ3n) is 6.05. The Hall–Kier alpha value is -0.940. The summed E-state index contributed by atoms with van der Waals surface area (Å²) in [5.41, 5.74) is 5.05. The maximum absolute atomic E-state index is 11.5. The van der Waals surface area contributed by atoms with Crippen molar-refractivity contribution in [3.63, 3.8) is 0 Å². The summed E-state index contributed by atoms with van der Waals surface area (Å²) in [6.07, 6.45) is 11.7. The molecule has 0 saturated heterocycles. The molecule has 1 amide bonds. The van der Waals surface area contributed by atoms with E-state index in [1.54, 1.807) is 0 Å². The quantitative estimate of drug-likeness (QED) is 0.502. The Labute approximate surface area is 180 Å². The molecule has 0 heterocycles. The number of ketones is 1. The number of primary amides is 1. The highest BCUT2D eigenvalue weighted by atomic mass is 16.5. The van der Waals surface area contributed by atoms with E-state index in [9.17, 15) is 9.59 Å². The highest BCUT2D eigenvalue weighted by Crippen LogP contribution is 2.29. The van der Waals surface area contributed by atoms with Crippen LogP contribution < -0.4 is 5.73 Å². The van der Waals surface area contributed by atoms with Crippen LogP contribution in [0.4, 0.5) is 0 Å². The van der Waals surface area contributed by atoms with E-state index in [0.717, 1.165) is 26.1 Å². The van der Waals surface area contributed by atoms with Crippen molar-refractivity contribution in [2.24, 2.45) is 29.4 Å². The standard InChI is InChI=1S/C14H27NO3.C10H18O.H2/c1-11(2)18-10-13-5-3-12(4-6-13)9-17-8-7-14(15)16;1-8(2)10(11)9-6-4-3-5-7-9;/h11-13H,3-10H2,1-2H3,(H2,15,16);8-9H,3-7H2,1-2H3;1H. The van der Waals surface area contributed by atoms with Crippen LogP contribution in [-0.2, 0) is 19.1 Å². The van der Waals surface area contributed by atoms with Crippen LogP contribution >= 0.6 is 0 Å². The van der Waals surface area contributed by atoms with Gasteiger partial charge in [-0.2, -0.15) is 0 Å². The molecule has 0 atom stereocenters. The fourth-order valence-electron chi connectivity index (χ4n) is 4.17. The van der Waals surface area contributed by atoms with Gasteiger partial charge in [0.2, 0.25) is 5.91 Å². The summed E-state index contributed by atoms with van der Waals surface area (Å²) in [5.74, 6) is 2.22. The van der Waals surface area contributed by atoms with Crippen molar-refractivity contribution in [3.05, 3.63) is 0 Å². The fourth-order valence-corrected chi connectivity index (χ4v) is 4.17. The summed E-state index contributed by atoms with van der Waals surface area (Å²) < 4.78 is 11.1. The van der Waals surface area contributed by atoms with Crippen molar-refractivity contribution in [3.8, 4) is 0 Å². The van der Waals surface area contributed by atoms with Crippen molar-refractivity contribution in [1.29, 1.82) is 0 Å². The highest BCUT2D eigenvalue weighted by molar-refractivity contribution is 5.82. The Morgan fingerprint density at radius 3 is 1.93 bits per heavy atom. The molecule has 0 bridgehead atoms. The Morgan fingerprint density at radius 1 is 0.897 bits per heavy atom. The summed E-state index contributed by atoms with van der Waals surface area (Å²) in [4.78, 5) is 22.0. The van der Waals surface area contributed by atoms with E-state index in [1.165, 1.54) is 44.9 Å². The average molecular weight is 414 g/mol. The highest BCUT2D eigenvalue weighted by Gasteiger charge is 2.23. The topological polar surface area (TPSA) is 78.6 Å². The van der Waals surface area contributed by atoms with Crippen molar-refractivity contribution in [2.45, 2.75) is 98.0 Å². The van der Waals surface area contributed by atoms with Gasteiger partial charge >= 0.3 is 0 Å². The van der Waals surface area contributed by atoms with Crippen LogP contribution in [0.25, 0.3) is 0 Å². The van der Waals surface area contributed by atoms with Crippen LogP contribution in [0.1, 0.15) is 93.3 Å². The van der Waals surface area contributed by atoms with Crippen molar-refractivity contribution >= 4 is 11.7 Å². The van der Waals surface area contributed by atoms with Crippen LogP contribution in [0.3, 0.4) is 0 Å². The molecule has 2 N–H and O–H groups in total. The molecule has 0 aliphatic heterocycles. The van der Waals surface area contributed by atoms with Crippen LogP contribution in [-0.4, -0.2) is 37.6 Å². The minimum atomic E-state index is -0.287. The monoisotopic (exact) mass is 413 g/mol. The van der Waals surface area contributed by atoms with Gasteiger partial charge in [0.05, 0.1) is 12.7 Å². The first-order chi connectivity index (χ1) is 13.8. The number of rotatable bonds is 10. The molecular formula is C24H47NO4. The van der Waals surface area contributed by atoms with Crippen LogP contribution in [0.2, 0.25) is 0 Å². The van der Waals surface area contributed by atoms with E-state index in [2.05, 4.69) is 13.8 Å². The van der Waals surface area contributed by atoms with Gasteiger partial charge in [0.25, 0.3) is 0 Å². The smallest absolute Gasteiger partial charge is 0.219 e. The molecule has 5 heteroatoms. The van der Waals surface area contributed by atoms with Gasteiger partial charge in [-0.3, -0.25) is 9.59 Å². The third kappa shape index (κ3) is 12.4. The van der Waals surface area contributed by atoms with Gasteiger partial charge in [0.1, 0.15) is 5.78 Å². The Kier molecular flexibility index (Phi) is 13.5. The lowest BCUT2D eigenvalue weighted by molar-refractivity contribution is -0.126. The van der Waals surface area contributed by atoms with Crippen molar-refractivity contribution in [1.82, 2.24) is 0 Å². The van der Waals surface area contributed by atoms with Gasteiger partial charge in [-0.05, 0) is 64.2 Å². The Morgan fingerprint density at radius 2 is 1.45 bits per heavy atom. The molecule has 2 fully saturated rings. The molecule has 0 aromatic heterocycles. The van der Waals surface area contributed by atoms with Crippen LogP contribution in [0.15, 0.2) is 0 Å². The summed E-state index contributed by atoms with van der Waals surface area (Å²) in [7, 11) is 0. The second-order valence-electron chi connectivity index (χ2n) is 9.45. The second kappa shape index (κ2) is 15.0. The SMILES string of the molecule is CC(C)C(=O)C1CCCCC1.CC(C)OCC1CCC(COCCC(N)=O)CC1.[HH]. The molecule has 0 aromatic rings. The molecule has 172 valence electrons. The lowest BCUT2D eigenvalue weighted by Gasteiger charge is -2.28. The molecule has 29 heavy (non-hydrogen) atoms. The first-order valence-electron chi connectivity index (χ1n) is 11.8. The van der Waals surface area contributed by atoms with Gasteiger partial charge in [0.15, 0.2) is 0 Å². The number of hydrogen-bond acceptors (Lipinski definition) is 4. The minimum absolute atomic E-state index is 0. The summed E-state index contributed by atoms with van der Waals surface area (Å²) in [5, 5.41) is 0. The first kappa shape index (κ1) is 26.1. The normalized spacial score (nSPS) is 23.0. The summed E-state index contributed by atoms with van der Waals surface area (Å²) in [6, 6.07) is 0. The lowest BCUT2D eigenvalue weighted by atomic mass is 9.83. The zero-order valence-corrected chi connectivity index (χ0v) is 19.3. The molecule has 0 radical (unpaired) electrons. The Balaban J connectivity index is 0.000000603. The largest absolute Gasteiger partial charge is 0.381 e. The molecule has 2 aliphatic carbocycles. The van der Waals surface area contributed by atoms with Gasteiger partial charge in [-0.25, -0.2) is 0 Å². The molecule has 2 saturated carbocycles.